The Morgan fingerprint density at radius 2 is 1.95 bits per heavy atom. The van der Waals surface area contributed by atoms with Crippen LogP contribution in [0.2, 0.25) is 0 Å². The van der Waals surface area contributed by atoms with E-state index in [0.717, 1.165) is 19.3 Å². The summed E-state index contributed by atoms with van der Waals surface area (Å²) in [5.74, 6) is -0.934. The number of aliphatic carboxylic acids is 1. The molecule has 2 unspecified atom stereocenters. The van der Waals surface area contributed by atoms with E-state index in [1.165, 1.54) is 4.90 Å². The Morgan fingerprint density at radius 3 is 2.58 bits per heavy atom. The van der Waals surface area contributed by atoms with Gasteiger partial charge in [0.05, 0.1) is 12.1 Å². The van der Waals surface area contributed by atoms with Crippen LogP contribution in [0, 0.1) is 0 Å². The second-order valence-corrected chi connectivity index (χ2v) is 5.85. The summed E-state index contributed by atoms with van der Waals surface area (Å²) in [4.78, 5) is 26.7. The van der Waals surface area contributed by atoms with E-state index in [9.17, 15) is 19.8 Å². The van der Waals surface area contributed by atoms with Crippen molar-refractivity contribution in [3.05, 3.63) is 0 Å². The largest absolute Gasteiger partial charge is 0.480 e. The topological polar surface area (TPSA) is 81.1 Å². The molecule has 6 heteroatoms. The SMILES string of the molecule is CC1(O)CCCN(C(=O)N2CCCCC2C(=O)O)C1. The van der Waals surface area contributed by atoms with Crippen molar-refractivity contribution in [3.63, 3.8) is 0 Å². The van der Waals surface area contributed by atoms with Gasteiger partial charge in [0.2, 0.25) is 0 Å². The van der Waals surface area contributed by atoms with E-state index in [1.54, 1.807) is 11.8 Å². The van der Waals surface area contributed by atoms with Crippen molar-refractivity contribution in [2.75, 3.05) is 19.6 Å². The van der Waals surface area contributed by atoms with Gasteiger partial charge < -0.3 is 20.0 Å². The Morgan fingerprint density at radius 1 is 1.21 bits per heavy atom. The fourth-order valence-electron chi connectivity index (χ4n) is 2.98. The van der Waals surface area contributed by atoms with Gasteiger partial charge in [0, 0.05) is 13.1 Å². The molecule has 0 radical (unpaired) electrons. The molecule has 2 heterocycles. The molecular formula is C13H22N2O4. The van der Waals surface area contributed by atoms with E-state index >= 15 is 0 Å². The third-order valence-electron chi connectivity index (χ3n) is 3.98. The maximum Gasteiger partial charge on any atom is 0.326 e. The van der Waals surface area contributed by atoms with E-state index in [1.807, 2.05) is 0 Å². The summed E-state index contributed by atoms with van der Waals surface area (Å²) in [7, 11) is 0. The van der Waals surface area contributed by atoms with Crippen LogP contribution in [0.3, 0.4) is 0 Å². The van der Waals surface area contributed by atoms with Gasteiger partial charge >= 0.3 is 12.0 Å². The number of amides is 2. The van der Waals surface area contributed by atoms with Crippen LogP contribution in [0.15, 0.2) is 0 Å². The first-order chi connectivity index (χ1) is 8.91. The minimum absolute atomic E-state index is 0.243. The van der Waals surface area contributed by atoms with Crippen LogP contribution in [-0.2, 0) is 4.79 Å². The van der Waals surface area contributed by atoms with Crippen molar-refractivity contribution in [3.8, 4) is 0 Å². The van der Waals surface area contributed by atoms with Crippen LogP contribution in [-0.4, -0.2) is 63.3 Å². The Balaban J connectivity index is 2.06. The molecule has 19 heavy (non-hydrogen) atoms. The molecule has 2 fully saturated rings. The Bertz CT molecular complexity index is 370. The summed E-state index contributed by atoms with van der Waals surface area (Å²) < 4.78 is 0. The number of aliphatic hydroxyl groups is 1. The van der Waals surface area contributed by atoms with Gasteiger partial charge in [-0.15, -0.1) is 0 Å². The van der Waals surface area contributed by atoms with Gasteiger partial charge in [-0.3, -0.25) is 0 Å². The predicted octanol–water partition coefficient (Wildman–Crippen LogP) is 0.892. The van der Waals surface area contributed by atoms with Crippen LogP contribution >= 0.6 is 0 Å². The first kappa shape index (κ1) is 14.1. The lowest BCUT2D eigenvalue weighted by atomic mass is 9.95. The number of likely N-dealkylation sites (tertiary alicyclic amines) is 2. The highest BCUT2D eigenvalue weighted by atomic mass is 16.4. The molecule has 0 spiro atoms. The van der Waals surface area contributed by atoms with Gasteiger partial charge in [0.25, 0.3) is 0 Å². The van der Waals surface area contributed by atoms with Crippen LogP contribution in [0.5, 0.6) is 0 Å². The molecule has 0 bridgehead atoms. The minimum Gasteiger partial charge on any atom is -0.480 e. The maximum atomic E-state index is 12.4. The first-order valence-electron chi connectivity index (χ1n) is 6.91. The van der Waals surface area contributed by atoms with Crippen LogP contribution in [0.1, 0.15) is 39.0 Å². The lowest BCUT2D eigenvalue weighted by Crippen LogP contribution is -2.57. The molecule has 2 rings (SSSR count). The number of carboxylic acids is 1. The molecule has 2 aliphatic rings. The number of carboxylic acid groups (broad SMARTS) is 1. The van der Waals surface area contributed by atoms with Gasteiger partial charge in [-0.1, -0.05) is 0 Å². The molecule has 108 valence electrons. The highest BCUT2D eigenvalue weighted by Crippen LogP contribution is 2.24. The van der Waals surface area contributed by atoms with Crippen molar-refractivity contribution in [2.45, 2.75) is 50.7 Å². The zero-order chi connectivity index (χ0) is 14.0. The average molecular weight is 270 g/mol. The number of nitrogens with zero attached hydrogens (tertiary/aromatic N) is 2. The van der Waals surface area contributed by atoms with E-state index < -0.39 is 17.6 Å². The second kappa shape index (κ2) is 5.36. The summed E-state index contributed by atoms with van der Waals surface area (Å²) in [5, 5.41) is 19.2. The summed E-state index contributed by atoms with van der Waals surface area (Å²) >= 11 is 0. The number of hydrogen-bond donors (Lipinski definition) is 2. The van der Waals surface area contributed by atoms with Crippen molar-refractivity contribution < 1.29 is 19.8 Å². The molecule has 0 aromatic carbocycles. The number of β-amino-alcohol motifs (C(OH)–C–C–N with tert-alkyl or cyclic N) is 1. The average Bonchev–Trinajstić information content (AvgIpc) is 2.36. The summed E-state index contributed by atoms with van der Waals surface area (Å²) in [6, 6.07) is -0.958. The molecular weight excluding hydrogens is 248 g/mol. The molecule has 2 saturated heterocycles. The molecule has 0 saturated carbocycles. The number of rotatable bonds is 1. The van der Waals surface area contributed by atoms with Crippen LogP contribution < -0.4 is 0 Å². The molecule has 2 N–H and O–H groups in total. The highest BCUT2D eigenvalue weighted by molar-refractivity contribution is 5.83. The summed E-state index contributed by atoms with van der Waals surface area (Å²) in [5.41, 5.74) is -0.859. The third-order valence-corrected chi connectivity index (χ3v) is 3.98. The van der Waals surface area contributed by atoms with Gasteiger partial charge in [-0.25, -0.2) is 9.59 Å². The summed E-state index contributed by atoms with van der Waals surface area (Å²) in [6.07, 6.45) is 3.65. The monoisotopic (exact) mass is 270 g/mol. The Hall–Kier alpha value is -1.30. The molecule has 2 amide bonds. The number of hydrogen-bond acceptors (Lipinski definition) is 3. The molecule has 0 aromatic heterocycles. The zero-order valence-corrected chi connectivity index (χ0v) is 11.3. The van der Waals surface area contributed by atoms with E-state index in [-0.39, 0.29) is 12.6 Å². The fraction of sp³-hybridized carbons (Fsp3) is 0.846. The molecule has 2 aliphatic heterocycles. The highest BCUT2D eigenvalue weighted by Gasteiger charge is 2.38. The minimum atomic E-state index is -0.934. The number of urea groups is 1. The van der Waals surface area contributed by atoms with Crippen molar-refractivity contribution in [1.29, 1.82) is 0 Å². The van der Waals surface area contributed by atoms with Crippen LogP contribution in [0.25, 0.3) is 0 Å². The molecule has 6 nitrogen and oxygen atoms in total. The maximum absolute atomic E-state index is 12.4. The molecule has 0 aromatic rings. The normalized spacial score (nSPS) is 32.2. The summed E-state index contributed by atoms with van der Waals surface area (Å²) in [6.45, 7) is 3.10. The first-order valence-corrected chi connectivity index (χ1v) is 6.91. The standard InChI is InChI=1S/C13H22N2O4/c1-13(19)6-4-7-14(9-13)12(18)15-8-3-2-5-10(15)11(16)17/h10,19H,2-9H2,1H3,(H,16,17). The predicted molar refractivity (Wildman–Crippen MR) is 68.8 cm³/mol. The van der Waals surface area contributed by atoms with E-state index in [4.69, 9.17) is 0 Å². The second-order valence-electron chi connectivity index (χ2n) is 5.85. The smallest absolute Gasteiger partial charge is 0.326 e. The number of piperidine rings is 2. The van der Waals surface area contributed by atoms with Crippen molar-refractivity contribution in [2.24, 2.45) is 0 Å². The van der Waals surface area contributed by atoms with Gasteiger partial charge in [0.1, 0.15) is 6.04 Å². The fourth-order valence-corrected chi connectivity index (χ4v) is 2.98. The van der Waals surface area contributed by atoms with E-state index in [2.05, 4.69) is 0 Å². The molecule has 0 aliphatic carbocycles. The van der Waals surface area contributed by atoms with E-state index in [0.29, 0.717) is 25.9 Å². The number of carbonyl (C=O) groups excluding carboxylic acids is 1. The molecule has 2 atom stereocenters. The van der Waals surface area contributed by atoms with Crippen molar-refractivity contribution >= 4 is 12.0 Å². The Kier molecular flexibility index (Phi) is 3.99. The Labute approximate surface area is 113 Å². The van der Waals surface area contributed by atoms with Crippen LogP contribution in [0.4, 0.5) is 4.79 Å². The van der Waals surface area contributed by atoms with Gasteiger partial charge in [0.15, 0.2) is 0 Å². The number of carbonyl (C=O) groups is 2. The lowest BCUT2D eigenvalue weighted by Gasteiger charge is -2.42. The van der Waals surface area contributed by atoms with Gasteiger partial charge in [-0.2, -0.15) is 0 Å². The quantitative estimate of drug-likeness (QED) is 0.741. The lowest BCUT2D eigenvalue weighted by molar-refractivity contribution is -0.143. The zero-order valence-electron chi connectivity index (χ0n) is 11.3. The van der Waals surface area contributed by atoms with Gasteiger partial charge in [-0.05, 0) is 39.0 Å². The third kappa shape index (κ3) is 3.18. The van der Waals surface area contributed by atoms with Crippen molar-refractivity contribution in [1.82, 2.24) is 9.80 Å².